The smallest absolute Gasteiger partial charge is 0.329 e. The average Bonchev–Trinajstić information content (AvgIpc) is 2.86. The lowest BCUT2D eigenvalue weighted by atomic mass is 9.98. The number of carbonyl (C=O) groups excluding carboxylic acids is 1. The SMILES string of the molecule is Cc1cccc(CNC(=O)NC2(C(=O)O)CCCC2)n1. The largest absolute Gasteiger partial charge is 0.480 e. The van der Waals surface area contributed by atoms with Gasteiger partial charge in [-0.15, -0.1) is 0 Å². The number of carboxylic acid groups (broad SMARTS) is 1. The number of pyridine rings is 1. The molecule has 1 aromatic rings. The van der Waals surface area contributed by atoms with Gasteiger partial charge in [0.25, 0.3) is 0 Å². The number of nitrogens with zero attached hydrogens (tertiary/aromatic N) is 1. The van der Waals surface area contributed by atoms with E-state index in [1.165, 1.54) is 0 Å². The van der Waals surface area contributed by atoms with Gasteiger partial charge in [0.2, 0.25) is 0 Å². The van der Waals surface area contributed by atoms with E-state index in [4.69, 9.17) is 0 Å². The standard InChI is InChI=1S/C14H19N3O3/c1-10-5-4-6-11(16-10)9-15-13(20)17-14(12(18)19)7-2-3-8-14/h4-6H,2-3,7-9H2,1H3,(H,18,19)(H2,15,17,20). The molecule has 6 heteroatoms. The summed E-state index contributed by atoms with van der Waals surface area (Å²) < 4.78 is 0. The molecule has 1 aliphatic carbocycles. The van der Waals surface area contributed by atoms with E-state index in [0.717, 1.165) is 24.2 Å². The lowest BCUT2D eigenvalue weighted by molar-refractivity contribution is -0.144. The van der Waals surface area contributed by atoms with Crippen LogP contribution in [0, 0.1) is 6.92 Å². The number of carboxylic acids is 1. The van der Waals surface area contributed by atoms with Gasteiger partial charge >= 0.3 is 12.0 Å². The zero-order valence-electron chi connectivity index (χ0n) is 11.5. The number of aromatic nitrogens is 1. The molecule has 1 aromatic heterocycles. The molecule has 108 valence electrons. The Bertz CT molecular complexity index is 510. The van der Waals surface area contributed by atoms with E-state index in [9.17, 15) is 14.7 Å². The van der Waals surface area contributed by atoms with Gasteiger partial charge in [0, 0.05) is 5.69 Å². The molecule has 0 unspecified atom stereocenters. The average molecular weight is 277 g/mol. The molecule has 0 spiro atoms. The van der Waals surface area contributed by atoms with Crippen LogP contribution in [0.15, 0.2) is 18.2 Å². The number of carbonyl (C=O) groups is 2. The molecule has 1 fully saturated rings. The van der Waals surface area contributed by atoms with E-state index >= 15 is 0 Å². The van der Waals surface area contributed by atoms with Crippen molar-refractivity contribution in [2.75, 3.05) is 0 Å². The minimum Gasteiger partial charge on any atom is -0.480 e. The molecule has 3 N–H and O–H groups in total. The highest BCUT2D eigenvalue weighted by atomic mass is 16.4. The number of hydrogen-bond acceptors (Lipinski definition) is 3. The zero-order chi connectivity index (χ0) is 14.6. The molecule has 0 aliphatic heterocycles. The zero-order valence-corrected chi connectivity index (χ0v) is 11.5. The molecule has 2 amide bonds. The summed E-state index contributed by atoms with van der Waals surface area (Å²) in [6, 6.07) is 5.10. The second kappa shape index (κ2) is 5.90. The summed E-state index contributed by atoms with van der Waals surface area (Å²) in [6.07, 6.45) is 2.62. The van der Waals surface area contributed by atoms with Gasteiger partial charge in [-0.1, -0.05) is 18.9 Å². The maximum absolute atomic E-state index is 11.9. The molecule has 1 saturated carbocycles. The third kappa shape index (κ3) is 3.26. The van der Waals surface area contributed by atoms with Crippen molar-refractivity contribution in [1.29, 1.82) is 0 Å². The normalized spacial score (nSPS) is 16.6. The minimum absolute atomic E-state index is 0.281. The van der Waals surface area contributed by atoms with Gasteiger partial charge in [-0.05, 0) is 31.9 Å². The maximum atomic E-state index is 11.9. The number of urea groups is 1. The number of aryl methyl sites for hydroxylation is 1. The first-order chi connectivity index (χ1) is 9.52. The predicted molar refractivity (Wildman–Crippen MR) is 73.2 cm³/mol. The summed E-state index contributed by atoms with van der Waals surface area (Å²) in [6.45, 7) is 2.16. The third-order valence-corrected chi connectivity index (χ3v) is 3.60. The van der Waals surface area contributed by atoms with Crippen LogP contribution in [-0.4, -0.2) is 27.6 Å². The fourth-order valence-electron chi connectivity index (χ4n) is 2.50. The van der Waals surface area contributed by atoms with Crippen LogP contribution in [0.5, 0.6) is 0 Å². The van der Waals surface area contributed by atoms with Crippen LogP contribution in [0.2, 0.25) is 0 Å². The van der Waals surface area contributed by atoms with Gasteiger partial charge in [-0.2, -0.15) is 0 Å². The van der Waals surface area contributed by atoms with Crippen LogP contribution < -0.4 is 10.6 Å². The summed E-state index contributed by atoms with van der Waals surface area (Å²) >= 11 is 0. The highest BCUT2D eigenvalue weighted by Gasteiger charge is 2.42. The van der Waals surface area contributed by atoms with Crippen molar-refractivity contribution < 1.29 is 14.7 Å². The van der Waals surface area contributed by atoms with Gasteiger partial charge in [0.1, 0.15) is 5.54 Å². The number of aliphatic carboxylic acids is 1. The molecule has 0 saturated heterocycles. The topological polar surface area (TPSA) is 91.3 Å². The fraction of sp³-hybridized carbons (Fsp3) is 0.500. The van der Waals surface area contributed by atoms with E-state index < -0.39 is 17.5 Å². The Balaban J connectivity index is 1.90. The predicted octanol–water partition coefficient (Wildman–Crippen LogP) is 1.59. The van der Waals surface area contributed by atoms with E-state index in [0.29, 0.717) is 12.8 Å². The lowest BCUT2D eigenvalue weighted by Crippen LogP contribution is -2.55. The Morgan fingerprint density at radius 1 is 1.35 bits per heavy atom. The number of nitrogens with one attached hydrogen (secondary N) is 2. The second-order valence-electron chi connectivity index (χ2n) is 5.17. The molecular formula is C14H19N3O3. The Kier molecular flexibility index (Phi) is 4.22. The van der Waals surface area contributed by atoms with Crippen molar-refractivity contribution in [3.05, 3.63) is 29.6 Å². The summed E-state index contributed by atoms with van der Waals surface area (Å²) in [5, 5.41) is 14.5. The van der Waals surface area contributed by atoms with Crippen LogP contribution in [-0.2, 0) is 11.3 Å². The van der Waals surface area contributed by atoms with E-state index in [1.807, 2.05) is 25.1 Å². The van der Waals surface area contributed by atoms with Crippen LogP contribution >= 0.6 is 0 Å². The van der Waals surface area contributed by atoms with Crippen molar-refractivity contribution in [3.8, 4) is 0 Å². The van der Waals surface area contributed by atoms with Gasteiger partial charge in [0.15, 0.2) is 0 Å². The van der Waals surface area contributed by atoms with Crippen LogP contribution in [0.1, 0.15) is 37.1 Å². The number of hydrogen-bond donors (Lipinski definition) is 3. The first-order valence-electron chi connectivity index (χ1n) is 6.74. The molecule has 0 aromatic carbocycles. The monoisotopic (exact) mass is 277 g/mol. The number of amides is 2. The van der Waals surface area contributed by atoms with E-state index in [1.54, 1.807) is 0 Å². The van der Waals surface area contributed by atoms with Crippen molar-refractivity contribution in [3.63, 3.8) is 0 Å². The summed E-state index contributed by atoms with van der Waals surface area (Å²) in [5.74, 6) is -0.959. The van der Waals surface area contributed by atoms with Gasteiger partial charge in [-0.25, -0.2) is 9.59 Å². The van der Waals surface area contributed by atoms with Crippen LogP contribution in [0.25, 0.3) is 0 Å². The van der Waals surface area contributed by atoms with E-state index in [2.05, 4.69) is 15.6 Å². The molecule has 1 heterocycles. The highest BCUT2D eigenvalue weighted by Crippen LogP contribution is 2.29. The van der Waals surface area contributed by atoms with Gasteiger partial charge in [-0.3, -0.25) is 4.98 Å². The molecule has 20 heavy (non-hydrogen) atoms. The van der Waals surface area contributed by atoms with Crippen molar-refractivity contribution in [2.45, 2.75) is 44.7 Å². The van der Waals surface area contributed by atoms with E-state index in [-0.39, 0.29) is 6.54 Å². The molecule has 0 atom stereocenters. The van der Waals surface area contributed by atoms with Crippen molar-refractivity contribution in [2.24, 2.45) is 0 Å². The maximum Gasteiger partial charge on any atom is 0.329 e. The highest BCUT2D eigenvalue weighted by molar-refractivity contribution is 5.86. The first kappa shape index (κ1) is 14.3. The van der Waals surface area contributed by atoms with Gasteiger partial charge in [0.05, 0.1) is 12.2 Å². The second-order valence-corrected chi connectivity index (χ2v) is 5.17. The third-order valence-electron chi connectivity index (χ3n) is 3.60. The quantitative estimate of drug-likeness (QED) is 0.779. The Morgan fingerprint density at radius 3 is 2.65 bits per heavy atom. The Morgan fingerprint density at radius 2 is 2.05 bits per heavy atom. The fourth-order valence-corrected chi connectivity index (χ4v) is 2.50. The Labute approximate surface area is 117 Å². The molecule has 2 rings (SSSR count). The summed E-state index contributed by atoms with van der Waals surface area (Å²) in [4.78, 5) is 27.4. The minimum atomic E-state index is -1.11. The van der Waals surface area contributed by atoms with Crippen LogP contribution in [0.4, 0.5) is 4.79 Å². The molecule has 6 nitrogen and oxygen atoms in total. The number of rotatable bonds is 4. The Hall–Kier alpha value is -2.11. The molecule has 0 radical (unpaired) electrons. The van der Waals surface area contributed by atoms with Gasteiger partial charge < -0.3 is 15.7 Å². The summed E-state index contributed by atoms with van der Waals surface area (Å²) in [5.41, 5.74) is 0.517. The first-order valence-corrected chi connectivity index (χ1v) is 6.74. The lowest BCUT2D eigenvalue weighted by Gasteiger charge is -2.25. The summed E-state index contributed by atoms with van der Waals surface area (Å²) in [7, 11) is 0. The van der Waals surface area contributed by atoms with Crippen molar-refractivity contribution in [1.82, 2.24) is 15.6 Å². The van der Waals surface area contributed by atoms with Crippen molar-refractivity contribution >= 4 is 12.0 Å². The molecular weight excluding hydrogens is 258 g/mol. The van der Waals surface area contributed by atoms with Crippen LogP contribution in [0.3, 0.4) is 0 Å². The molecule has 1 aliphatic rings. The molecule has 0 bridgehead atoms.